The molecule has 0 amide bonds. The van der Waals surface area contributed by atoms with Crippen molar-refractivity contribution in [3.63, 3.8) is 0 Å². The molecule has 2 aromatic rings. The van der Waals surface area contributed by atoms with E-state index in [1.54, 1.807) is 12.1 Å². The SMILES string of the molecule is Cc1ccc2c(c1)cc(C1CCCCCC1)[s+]2C(F)(F)F.O=S(=O)([O-])C(F)(F)F. The maximum atomic E-state index is 13.6. The Morgan fingerprint density at radius 3 is 1.93 bits per heavy atom. The minimum absolute atomic E-state index is 0.116. The molecule has 0 N–H and O–H groups in total. The van der Waals surface area contributed by atoms with Crippen molar-refractivity contribution in [1.29, 1.82) is 0 Å². The minimum Gasteiger partial charge on any atom is -0.741 e. The molecule has 0 bridgehead atoms. The fourth-order valence-corrected chi connectivity index (χ4v) is 5.55. The second-order valence-electron chi connectivity index (χ2n) is 6.93. The van der Waals surface area contributed by atoms with Crippen LogP contribution in [0, 0.1) is 6.92 Å². The first kappa shape index (κ1) is 23.9. The molecule has 1 aliphatic rings. The van der Waals surface area contributed by atoms with Gasteiger partial charge in [-0.25, -0.2) is 8.42 Å². The Labute approximate surface area is 167 Å². The van der Waals surface area contributed by atoms with E-state index in [2.05, 4.69) is 0 Å². The Morgan fingerprint density at radius 2 is 1.48 bits per heavy atom. The fraction of sp³-hybridized carbons (Fsp3) is 0.556. The third-order valence-corrected chi connectivity index (χ3v) is 7.46. The molecular weight excluding hydrogens is 442 g/mol. The average molecular weight is 462 g/mol. The predicted octanol–water partition coefficient (Wildman–Crippen LogP) is 6.86. The van der Waals surface area contributed by atoms with Crippen molar-refractivity contribution in [2.75, 3.05) is 0 Å². The normalized spacial score (nSPS) is 17.6. The second-order valence-corrected chi connectivity index (χ2v) is 10.3. The minimum atomic E-state index is -6.09. The van der Waals surface area contributed by atoms with Crippen molar-refractivity contribution in [1.82, 2.24) is 0 Å². The lowest BCUT2D eigenvalue weighted by atomic mass is 9.98. The topological polar surface area (TPSA) is 57.2 Å². The molecule has 11 heteroatoms. The van der Waals surface area contributed by atoms with Crippen LogP contribution in [-0.2, 0) is 15.6 Å². The number of alkyl halides is 6. The van der Waals surface area contributed by atoms with Gasteiger partial charge in [0.25, 0.3) is 0 Å². The Morgan fingerprint density at radius 1 is 0.966 bits per heavy atom. The maximum Gasteiger partial charge on any atom is 0.600 e. The van der Waals surface area contributed by atoms with Crippen LogP contribution in [0.1, 0.15) is 54.9 Å². The number of hydrogen-bond donors (Lipinski definition) is 0. The van der Waals surface area contributed by atoms with Crippen molar-refractivity contribution in [2.24, 2.45) is 0 Å². The number of thiophene rings is 1. The third kappa shape index (κ3) is 6.08. The lowest BCUT2D eigenvalue weighted by molar-refractivity contribution is -0.0868. The van der Waals surface area contributed by atoms with E-state index < -0.39 is 31.6 Å². The van der Waals surface area contributed by atoms with Gasteiger partial charge < -0.3 is 4.55 Å². The van der Waals surface area contributed by atoms with Gasteiger partial charge in [0.05, 0.1) is 10.5 Å². The van der Waals surface area contributed by atoms with Crippen LogP contribution in [0.15, 0.2) is 24.3 Å². The van der Waals surface area contributed by atoms with E-state index >= 15 is 0 Å². The molecule has 0 spiro atoms. The van der Waals surface area contributed by atoms with Gasteiger partial charge in [-0.15, -0.1) is 13.2 Å². The summed E-state index contributed by atoms with van der Waals surface area (Å²) < 4.78 is 100. The molecule has 3 nitrogen and oxygen atoms in total. The summed E-state index contributed by atoms with van der Waals surface area (Å²) in [5.74, 6) is 0.116. The van der Waals surface area contributed by atoms with Crippen LogP contribution in [0.25, 0.3) is 10.1 Å². The molecule has 1 atom stereocenters. The number of rotatable bonds is 1. The summed E-state index contributed by atoms with van der Waals surface area (Å²) in [4.78, 5) is 0.644. The average Bonchev–Trinajstić information content (AvgIpc) is 2.74. The first-order valence-electron chi connectivity index (χ1n) is 8.87. The van der Waals surface area contributed by atoms with Gasteiger partial charge in [-0.2, -0.15) is 13.2 Å². The highest BCUT2D eigenvalue weighted by atomic mass is 32.2. The monoisotopic (exact) mass is 462 g/mol. The molecule has 1 aromatic carbocycles. The second kappa shape index (κ2) is 8.81. The van der Waals surface area contributed by atoms with Gasteiger partial charge in [0.15, 0.2) is 19.7 Å². The summed E-state index contributed by atoms with van der Waals surface area (Å²) in [5.41, 5.74) is -8.77. The number of hydrogen-bond acceptors (Lipinski definition) is 3. The van der Waals surface area contributed by atoms with Crippen LogP contribution in [-0.4, -0.2) is 18.5 Å². The zero-order valence-electron chi connectivity index (χ0n) is 15.4. The van der Waals surface area contributed by atoms with E-state index in [0.29, 0.717) is 9.58 Å². The van der Waals surface area contributed by atoms with E-state index in [1.165, 1.54) is 0 Å². The summed E-state index contributed by atoms with van der Waals surface area (Å²) in [7, 11) is -7.80. The molecule has 0 aliphatic heterocycles. The van der Waals surface area contributed by atoms with E-state index in [-0.39, 0.29) is 5.92 Å². The highest BCUT2D eigenvalue weighted by Gasteiger charge is 2.49. The van der Waals surface area contributed by atoms with E-state index in [1.807, 2.05) is 19.1 Å². The lowest BCUT2D eigenvalue weighted by Gasteiger charge is -2.10. The molecule has 1 fully saturated rings. The molecule has 164 valence electrons. The van der Waals surface area contributed by atoms with E-state index in [0.717, 1.165) is 49.5 Å². The third-order valence-electron chi connectivity index (χ3n) is 4.69. The standard InChI is InChI=1S/C17H20F3S.CHF3O3S/c1-12-8-9-15-14(10-12)11-16(21(15)17(18,19)20)13-6-4-2-3-5-7-13;2-1(3,4)8(5,6)7/h8-11,13H,2-7H2,1H3;(H,5,6,7)/q+1;/p-1. The number of fused-ring (bicyclic) bond motifs is 1. The molecule has 0 radical (unpaired) electrons. The first-order valence-corrected chi connectivity index (χ1v) is 11.5. The van der Waals surface area contributed by atoms with Gasteiger partial charge in [0.2, 0.25) is 0 Å². The molecule has 1 unspecified atom stereocenters. The largest absolute Gasteiger partial charge is 0.741 e. The van der Waals surface area contributed by atoms with Gasteiger partial charge in [0.1, 0.15) is 0 Å². The van der Waals surface area contributed by atoms with Crippen molar-refractivity contribution in [3.05, 3.63) is 34.7 Å². The molecule has 1 aromatic heterocycles. The number of halogens is 6. The van der Waals surface area contributed by atoms with Crippen LogP contribution < -0.4 is 0 Å². The Bertz CT molecular complexity index is 937. The maximum absolute atomic E-state index is 13.6. The van der Waals surface area contributed by atoms with Crippen molar-refractivity contribution >= 4 is 30.7 Å². The first-order chi connectivity index (χ1) is 13.2. The van der Waals surface area contributed by atoms with Crippen LogP contribution >= 0.6 is 10.5 Å². The van der Waals surface area contributed by atoms with Crippen LogP contribution in [0.4, 0.5) is 26.3 Å². The van der Waals surface area contributed by atoms with Gasteiger partial charge in [-0.05, 0) is 31.9 Å². The summed E-state index contributed by atoms with van der Waals surface area (Å²) in [6.45, 7) is 1.93. The van der Waals surface area contributed by atoms with Gasteiger partial charge in [-0.3, -0.25) is 0 Å². The van der Waals surface area contributed by atoms with Crippen molar-refractivity contribution in [3.8, 4) is 0 Å². The molecule has 1 heterocycles. The summed E-state index contributed by atoms with van der Waals surface area (Å²) in [6, 6.07) is 7.22. The van der Waals surface area contributed by atoms with Crippen LogP contribution in [0.2, 0.25) is 0 Å². The highest BCUT2D eigenvalue weighted by Crippen LogP contribution is 2.54. The Kier molecular flexibility index (Phi) is 7.27. The quantitative estimate of drug-likeness (QED) is 0.153. The molecule has 29 heavy (non-hydrogen) atoms. The van der Waals surface area contributed by atoms with Gasteiger partial charge in [-0.1, -0.05) is 37.3 Å². The fourth-order valence-electron chi connectivity index (χ4n) is 3.41. The highest BCUT2D eigenvalue weighted by molar-refractivity contribution is 7.86. The zero-order valence-corrected chi connectivity index (χ0v) is 17.1. The molecule has 1 aliphatic carbocycles. The van der Waals surface area contributed by atoms with Gasteiger partial charge in [0, 0.05) is 17.4 Å². The smallest absolute Gasteiger partial charge is 0.600 e. The van der Waals surface area contributed by atoms with E-state index in [9.17, 15) is 26.3 Å². The van der Waals surface area contributed by atoms with Crippen LogP contribution in [0.3, 0.4) is 0 Å². The summed E-state index contributed by atoms with van der Waals surface area (Å²) in [6.07, 6.45) is 6.28. The molecule has 1 saturated carbocycles. The van der Waals surface area contributed by atoms with Crippen molar-refractivity contribution in [2.45, 2.75) is 62.4 Å². The van der Waals surface area contributed by atoms with E-state index in [4.69, 9.17) is 13.0 Å². The molecule has 0 saturated heterocycles. The number of aryl methyl sites for hydroxylation is 1. The summed E-state index contributed by atoms with van der Waals surface area (Å²) >= 11 is 0. The van der Waals surface area contributed by atoms with Crippen molar-refractivity contribution < 1.29 is 39.3 Å². The molecule has 3 rings (SSSR count). The Hall–Kier alpha value is -1.33. The zero-order chi connectivity index (χ0) is 22.0. The van der Waals surface area contributed by atoms with Crippen LogP contribution in [0.5, 0.6) is 0 Å². The predicted molar refractivity (Wildman–Crippen MR) is 98.7 cm³/mol. The Balaban J connectivity index is 0.000000321. The number of benzene rings is 1. The lowest BCUT2D eigenvalue weighted by Crippen LogP contribution is -2.21. The summed E-state index contributed by atoms with van der Waals surface area (Å²) in [5, 5.41) is 0.787. The van der Waals surface area contributed by atoms with Gasteiger partial charge >= 0.3 is 11.0 Å². The molecular formula is C18H20F6O3S2.